The molecule has 0 aliphatic carbocycles. The van der Waals surface area contributed by atoms with Gasteiger partial charge in [0.15, 0.2) is 29.0 Å². The number of nitrogens with one attached hydrogen (secondary N) is 1. The zero-order valence-electron chi connectivity index (χ0n) is 17.8. The summed E-state index contributed by atoms with van der Waals surface area (Å²) in [6.07, 6.45) is 2.92. The van der Waals surface area contributed by atoms with Crippen LogP contribution in [0.15, 0.2) is 71.5 Å². The van der Waals surface area contributed by atoms with E-state index < -0.39 is 17.5 Å². The van der Waals surface area contributed by atoms with Crippen molar-refractivity contribution in [1.29, 1.82) is 0 Å². The summed E-state index contributed by atoms with van der Waals surface area (Å²) in [5.74, 6) is -1.69. The number of hydrogen-bond acceptors (Lipinski definition) is 3. The van der Waals surface area contributed by atoms with E-state index in [4.69, 9.17) is 9.47 Å². The number of rotatable bonds is 6. The van der Waals surface area contributed by atoms with Crippen molar-refractivity contribution in [2.24, 2.45) is 0 Å². The number of benzene rings is 3. The minimum absolute atomic E-state index is 0.0268. The molecule has 0 radical (unpaired) electrons. The SMILES string of the molecule is COc1ccc(Cn2cc(F)c(-c3ccc(F)c(Oc4c(F)cc5[nH]ccc5c4Br)c3)n2)cc1. The lowest BCUT2D eigenvalue weighted by Crippen LogP contribution is -2.00. The third-order valence-electron chi connectivity index (χ3n) is 5.34. The maximum atomic E-state index is 14.7. The van der Waals surface area contributed by atoms with Gasteiger partial charge in [0, 0.05) is 28.7 Å². The van der Waals surface area contributed by atoms with E-state index in [0.29, 0.717) is 33.2 Å². The Bertz CT molecular complexity index is 1500. The van der Waals surface area contributed by atoms with Crippen molar-refractivity contribution < 1.29 is 22.6 Å². The standard InChI is InChI=1S/C25H17BrF3N3O2/c1-33-16-5-2-14(3-6-16)12-32-13-20(29)24(31-32)15-4-7-18(27)22(10-15)34-25-19(28)11-21-17(23(25)26)8-9-30-21/h2-11,13,30H,12H2,1H3. The lowest BCUT2D eigenvalue weighted by molar-refractivity contribution is 0.413. The zero-order chi connectivity index (χ0) is 23.8. The second kappa shape index (κ2) is 8.90. The molecule has 1 N–H and O–H groups in total. The van der Waals surface area contributed by atoms with Gasteiger partial charge >= 0.3 is 0 Å². The van der Waals surface area contributed by atoms with E-state index in [1.807, 2.05) is 24.3 Å². The fourth-order valence-electron chi connectivity index (χ4n) is 3.64. The molecular weight excluding hydrogens is 511 g/mol. The number of methoxy groups -OCH3 is 1. The number of fused-ring (bicyclic) bond motifs is 1. The Balaban J connectivity index is 1.45. The Morgan fingerprint density at radius 1 is 0.971 bits per heavy atom. The van der Waals surface area contributed by atoms with E-state index in [2.05, 4.69) is 26.0 Å². The van der Waals surface area contributed by atoms with Crippen LogP contribution in [0.25, 0.3) is 22.2 Å². The second-order valence-corrected chi connectivity index (χ2v) is 8.35. The minimum Gasteiger partial charge on any atom is -0.497 e. The molecule has 0 unspecified atom stereocenters. The van der Waals surface area contributed by atoms with Crippen LogP contribution < -0.4 is 9.47 Å². The molecule has 5 aromatic rings. The largest absolute Gasteiger partial charge is 0.497 e. The normalized spacial score (nSPS) is 11.2. The summed E-state index contributed by atoms with van der Waals surface area (Å²) in [7, 11) is 1.58. The average molecular weight is 528 g/mol. The highest BCUT2D eigenvalue weighted by atomic mass is 79.9. The maximum absolute atomic E-state index is 14.7. The summed E-state index contributed by atoms with van der Waals surface area (Å²) in [6, 6.07) is 14.2. The van der Waals surface area contributed by atoms with Crippen LogP contribution in [0.5, 0.6) is 17.2 Å². The van der Waals surface area contributed by atoms with Crippen LogP contribution in [-0.4, -0.2) is 21.9 Å². The number of nitrogens with zero attached hydrogens (tertiary/aromatic N) is 2. The molecule has 0 atom stereocenters. The summed E-state index contributed by atoms with van der Waals surface area (Å²) in [5, 5.41) is 4.99. The Morgan fingerprint density at radius 3 is 2.53 bits per heavy atom. The molecule has 5 rings (SSSR count). The molecule has 0 bridgehead atoms. The van der Waals surface area contributed by atoms with Gasteiger partial charge in [0.2, 0.25) is 0 Å². The molecule has 172 valence electrons. The van der Waals surface area contributed by atoms with E-state index in [-0.39, 0.29) is 17.2 Å². The smallest absolute Gasteiger partial charge is 0.178 e. The lowest BCUT2D eigenvalue weighted by atomic mass is 10.1. The van der Waals surface area contributed by atoms with Gasteiger partial charge < -0.3 is 14.5 Å². The van der Waals surface area contributed by atoms with Gasteiger partial charge in [-0.1, -0.05) is 12.1 Å². The molecule has 9 heteroatoms. The molecular formula is C25H17BrF3N3O2. The first kappa shape index (κ1) is 22.1. The third kappa shape index (κ3) is 4.14. The van der Waals surface area contributed by atoms with E-state index >= 15 is 0 Å². The first-order valence-electron chi connectivity index (χ1n) is 10.2. The maximum Gasteiger partial charge on any atom is 0.178 e. The minimum atomic E-state index is -0.720. The van der Waals surface area contributed by atoms with E-state index in [1.165, 1.54) is 29.1 Å². The third-order valence-corrected chi connectivity index (χ3v) is 6.13. The number of aromatic nitrogens is 3. The predicted octanol–water partition coefficient (Wildman–Crippen LogP) is 7.06. The van der Waals surface area contributed by atoms with Gasteiger partial charge in [-0.25, -0.2) is 13.2 Å². The van der Waals surface area contributed by atoms with Gasteiger partial charge in [0.1, 0.15) is 11.4 Å². The van der Waals surface area contributed by atoms with Gasteiger partial charge in [-0.05, 0) is 57.9 Å². The molecule has 0 aliphatic rings. The van der Waals surface area contributed by atoms with Gasteiger partial charge in [-0.3, -0.25) is 4.68 Å². The fourth-order valence-corrected chi connectivity index (χ4v) is 4.25. The highest BCUT2D eigenvalue weighted by Crippen LogP contribution is 2.39. The van der Waals surface area contributed by atoms with Crippen LogP contribution in [-0.2, 0) is 6.54 Å². The quantitative estimate of drug-likeness (QED) is 0.257. The number of aromatic amines is 1. The Labute approximate surface area is 200 Å². The lowest BCUT2D eigenvalue weighted by Gasteiger charge is -2.11. The second-order valence-electron chi connectivity index (χ2n) is 7.56. The van der Waals surface area contributed by atoms with Gasteiger partial charge in [-0.15, -0.1) is 0 Å². The molecule has 5 nitrogen and oxygen atoms in total. The van der Waals surface area contributed by atoms with Crippen LogP contribution in [0.2, 0.25) is 0 Å². The number of hydrogen-bond donors (Lipinski definition) is 1. The summed E-state index contributed by atoms with van der Waals surface area (Å²) >= 11 is 3.32. The number of ether oxygens (including phenoxy) is 2. The Morgan fingerprint density at radius 2 is 1.76 bits per heavy atom. The van der Waals surface area contributed by atoms with E-state index in [1.54, 1.807) is 19.4 Å². The van der Waals surface area contributed by atoms with Crippen molar-refractivity contribution in [2.75, 3.05) is 7.11 Å². The molecule has 0 saturated heterocycles. The molecule has 0 spiro atoms. The Kier molecular flexibility index (Phi) is 5.79. The first-order valence-corrected chi connectivity index (χ1v) is 11.0. The molecule has 0 amide bonds. The molecule has 0 saturated carbocycles. The highest BCUT2D eigenvalue weighted by Gasteiger charge is 2.19. The van der Waals surface area contributed by atoms with Crippen LogP contribution in [0, 0.1) is 17.5 Å². The number of halogens is 4. The van der Waals surface area contributed by atoms with Crippen LogP contribution in [0.4, 0.5) is 13.2 Å². The summed E-state index contributed by atoms with van der Waals surface area (Å²) < 4.78 is 56.4. The summed E-state index contributed by atoms with van der Waals surface area (Å²) in [4.78, 5) is 2.91. The van der Waals surface area contributed by atoms with Crippen LogP contribution >= 0.6 is 15.9 Å². The van der Waals surface area contributed by atoms with Crippen molar-refractivity contribution in [1.82, 2.24) is 14.8 Å². The topological polar surface area (TPSA) is 52.1 Å². The molecule has 3 aromatic carbocycles. The van der Waals surface area contributed by atoms with Crippen molar-refractivity contribution >= 4 is 26.8 Å². The molecule has 0 aliphatic heterocycles. The van der Waals surface area contributed by atoms with Crippen molar-refractivity contribution in [3.8, 4) is 28.5 Å². The average Bonchev–Trinajstić information content (AvgIpc) is 3.44. The van der Waals surface area contributed by atoms with E-state index in [0.717, 1.165) is 11.6 Å². The van der Waals surface area contributed by atoms with Gasteiger partial charge in [-0.2, -0.15) is 5.10 Å². The number of H-pyrrole nitrogens is 1. The van der Waals surface area contributed by atoms with Gasteiger partial charge in [0.05, 0.1) is 24.3 Å². The molecule has 2 aromatic heterocycles. The summed E-state index contributed by atoms with van der Waals surface area (Å²) in [5.41, 5.74) is 1.79. The summed E-state index contributed by atoms with van der Waals surface area (Å²) in [6.45, 7) is 0.334. The predicted molar refractivity (Wildman–Crippen MR) is 126 cm³/mol. The van der Waals surface area contributed by atoms with Gasteiger partial charge in [0.25, 0.3) is 0 Å². The van der Waals surface area contributed by atoms with Crippen molar-refractivity contribution in [2.45, 2.75) is 6.54 Å². The first-order chi connectivity index (χ1) is 16.4. The highest BCUT2D eigenvalue weighted by molar-refractivity contribution is 9.10. The molecule has 34 heavy (non-hydrogen) atoms. The van der Waals surface area contributed by atoms with E-state index in [9.17, 15) is 13.2 Å². The Hall–Kier alpha value is -3.72. The monoisotopic (exact) mass is 527 g/mol. The van der Waals surface area contributed by atoms with Crippen molar-refractivity contribution in [3.63, 3.8) is 0 Å². The van der Waals surface area contributed by atoms with Crippen molar-refractivity contribution in [3.05, 3.63) is 94.5 Å². The fraction of sp³-hybridized carbons (Fsp3) is 0.0800. The molecule has 0 fully saturated rings. The van der Waals surface area contributed by atoms with Crippen LogP contribution in [0.1, 0.15) is 5.56 Å². The molecule has 2 heterocycles. The zero-order valence-corrected chi connectivity index (χ0v) is 19.4. The van der Waals surface area contributed by atoms with Crippen LogP contribution in [0.3, 0.4) is 0 Å².